The molecule has 3 aromatic heterocycles. The summed E-state index contributed by atoms with van der Waals surface area (Å²) in [6.45, 7) is 2.00. The first-order valence-electron chi connectivity index (χ1n) is 5.82. The molecule has 0 aliphatic rings. The molecule has 0 amide bonds. The van der Waals surface area contributed by atoms with E-state index in [0.29, 0.717) is 11.4 Å². The van der Waals surface area contributed by atoms with E-state index in [1.54, 1.807) is 17.4 Å². The third-order valence-electron chi connectivity index (χ3n) is 2.70. The van der Waals surface area contributed by atoms with Crippen LogP contribution in [0.3, 0.4) is 0 Å². The lowest BCUT2D eigenvalue weighted by Gasteiger charge is -1.91. The summed E-state index contributed by atoms with van der Waals surface area (Å²) in [5.74, 6) is 0.766. The van der Waals surface area contributed by atoms with E-state index in [4.69, 9.17) is 4.52 Å². The number of hydrogen-bond acceptors (Lipinski definition) is 6. The molecule has 0 fully saturated rings. The number of aromatic nitrogens is 2. The Kier molecular flexibility index (Phi) is 3.46. The largest absolute Gasteiger partial charge is 0.333 e. The molecule has 3 aromatic rings. The molecule has 0 atom stereocenters. The lowest BCUT2D eigenvalue weighted by atomic mass is 10.2. The second-order valence-electron chi connectivity index (χ2n) is 4.04. The van der Waals surface area contributed by atoms with E-state index in [1.165, 1.54) is 11.3 Å². The van der Waals surface area contributed by atoms with Crippen molar-refractivity contribution in [3.05, 3.63) is 45.3 Å². The van der Waals surface area contributed by atoms with Crippen LogP contribution in [-0.2, 0) is 0 Å². The SMILES string of the molecule is Cc1ccsc1C=C(C#N)c1nc(-c2cccs2)no1. The molecule has 0 N–H and O–H groups in total. The van der Waals surface area contributed by atoms with E-state index >= 15 is 0 Å². The minimum absolute atomic E-state index is 0.253. The summed E-state index contributed by atoms with van der Waals surface area (Å²) in [7, 11) is 0. The van der Waals surface area contributed by atoms with E-state index in [0.717, 1.165) is 15.3 Å². The molecule has 0 saturated carbocycles. The van der Waals surface area contributed by atoms with Crippen molar-refractivity contribution < 1.29 is 4.52 Å². The number of nitrogens with zero attached hydrogens (tertiary/aromatic N) is 3. The summed E-state index contributed by atoms with van der Waals surface area (Å²) in [6.07, 6.45) is 1.78. The maximum absolute atomic E-state index is 9.27. The van der Waals surface area contributed by atoms with E-state index in [1.807, 2.05) is 35.9 Å². The highest BCUT2D eigenvalue weighted by atomic mass is 32.1. The summed E-state index contributed by atoms with van der Waals surface area (Å²) >= 11 is 3.11. The first-order valence-corrected chi connectivity index (χ1v) is 7.57. The topological polar surface area (TPSA) is 62.7 Å². The second-order valence-corrected chi connectivity index (χ2v) is 5.93. The average Bonchev–Trinajstić information content (AvgIpc) is 3.17. The number of hydrogen-bond donors (Lipinski definition) is 0. The molecule has 3 rings (SSSR count). The fourth-order valence-electron chi connectivity index (χ4n) is 1.64. The molecule has 0 bridgehead atoms. The Hall–Kier alpha value is -2.23. The van der Waals surface area contributed by atoms with Gasteiger partial charge in [0.2, 0.25) is 5.82 Å². The summed E-state index contributed by atoms with van der Waals surface area (Å²) in [4.78, 5) is 6.23. The van der Waals surface area contributed by atoms with Crippen LogP contribution in [0.15, 0.2) is 33.5 Å². The minimum atomic E-state index is 0.253. The molecular formula is C14H9N3OS2. The van der Waals surface area contributed by atoms with Crippen molar-refractivity contribution in [2.75, 3.05) is 0 Å². The molecule has 20 heavy (non-hydrogen) atoms. The first kappa shape index (κ1) is 12.8. The van der Waals surface area contributed by atoms with Crippen LogP contribution in [0.5, 0.6) is 0 Å². The maximum atomic E-state index is 9.27. The highest BCUT2D eigenvalue weighted by Gasteiger charge is 2.14. The second kappa shape index (κ2) is 5.41. The van der Waals surface area contributed by atoms with Crippen molar-refractivity contribution in [1.82, 2.24) is 10.1 Å². The smallest absolute Gasteiger partial charge is 0.268 e. The van der Waals surface area contributed by atoms with E-state index in [-0.39, 0.29) is 5.89 Å². The van der Waals surface area contributed by atoms with Gasteiger partial charge in [0.15, 0.2) is 0 Å². The zero-order chi connectivity index (χ0) is 13.9. The fraction of sp³-hybridized carbons (Fsp3) is 0.0714. The third-order valence-corrected chi connectivity index (χ3v) is 4.53. The molecule has 0 aromatic carbocycles. The molecule has 4 nitrogen and oxygen atoms in total. The van der Waals surface area contributed by atoms with E-state index in [9.17, 15) is 5.26 Å². The summed E-state index contributed by atoms with van der Waals surface area (Å²) in [5.41, 5.74) is 1.51. The Morgan fingerprint density at radius 3 is 2.90 bits per heavy atom. The molecule has 0 aliphatic carbocycles. The van der Waals surface area contributed by atoms with Crippen LogP contribution in [0.2, 0.25) is 0 Å². The van der Waals surface area contributed by atoms with Crippen molar-refractivity contribution in [3.8, 4) is 16.8 Å². The number of rotatable bonds is 3. The number of thiophene rings is 2. The molecule has 0 unspecified atom stereocenters. The van der Waals surface area contributed by atoms with Crippen molar-refractivity contribution in [3.63, 3.8) is 0 Å². The van der Waals surface area contributed by atoms with Crippen molar-refractivity contribution in [1.29, 1.82) is 5.26 Å². The molecule has 0 aliphatic heterocycles. The number of nitriles is 1. The molecule has 98 valence electrons. The van der Waals surface area contributed by atoms with Gasteiger partial charge in [-0.3, -0.25) is 0 Å². The van der Waals surface area contributed by atoms with E-state index in [2.05, 4.69) is 16.2 Å². The van der Waals surface area contributed by atoms with Crippen LogP contribution >= 0.6 is 22.7 Å². The van der Waals surface area contributed by atoms with Crippen LogP contribution in [0.1, 0.15) is 16.3 Å². The third kappa shape index (κ3) is 2.41. The van der Waals surface area contributed by atoms with Crippen LogP contribution in [-0.4, -0.2) is 10.1 Å². The first-order chi connectivity index (χ1) is 9.78. The highest BCUT2D eigenvalue weighted by molar-refractivity contribution is 7.13. The van der Waals surface area contributed by atoms with Crippen LogP contribution in [0, 0.1) is 18.3 Å². The number of allylic oxidation sites excluding steroid dienone is 1. The quantitative estimate of drug-likeness (QED) is 0.679. The van der Waals surface area contributed by atoms with Gasteiger partial charge in [-0.05, 0) is 41.5 Å². The van der Waals surface area contributed by atoms with Crippen LogP contribution < -0.4 is 0 Å². The lowest BCUT2D eigenvalue weighted by molar-refractivity contribution is 0.409. The molecule has 0 spiro atoms. The van der Waals surface area contributed by atoms with Crippen LogP contribution in [0.4, 0.5) is 0 Å². The summed E-state index contributed by atoms with van der Waals surface area (Å²) in [5, 5.41) is 17.1. The van der Waals surface area contributed by atoms with Gasteiger partial charge in [-0.1, -0.05) is 11.2 Å². The van der Waals surface area contributed by atoms with Gasteiger partial charge in [-0.15, -0.1) is 22.7 Å². The predicted octanol–water partition coefficient (Wildman–Crippen LogP) is 4.23. The van der Waals surface area contributed by atoms with Gasteiger partial charge in [-0.25, -0.2) is 0 Å². The van der Waals surface area contributed by atoms with Gasteiger partial charge in [0.1, 0.15) is 11.6 Å². The van der Waals surface area contributed by atoms with Crippen LogP contribution in [0.25, 0.3) is 22.4 Å². The Bertz CT molecular complexity index is 791. The Balaban J connectivity index is 1.97. The van der Waals surface area contributed by atoms with Gasteiger partial charge in [0, 0.05) is 4.88 Å². The Morgan fingerprint density at radius 1 is 1.35 bits per heavy atom. The fourth-order valence-corrected chi connectivity index (χ4v) is 3.15. The minimum Gasteiger partial charge on any atom is -0.333 e. The number of aryl methyl sites for hydroxylation is 1. The van der Waals surface area contributed by atoms with Gasteiger partial charge in [0.25, 0.3) is 5.89 Å². The van der Waals surface area contributed by atoms with Gasteiger partial charge in [0.05, 0.1) is 4.88 Å². The van der Waals surface area contributed by atoms with Crippen molar-refractivity contribution in [2.24, 2.45) is 0 Å². The predicted molar refractivity (Wildman–Crippen MR) is 80.2 cm³/mol. The standard InChI is InChI=1S/C14H9N3OS2/c1-9-4-6-20-12(9)7-10(8-15)14-16-13(17-18-14)11-3-2-5-19-11/h2-7H,1H3. The normalized spacial score (nSPS) is 11.5. The zero-order valence-electron chi connectivity index (χ0n) is 10.5. The van der Waals surface area contributed by atoms with Gasteiger partial charge in [-0.2, -0.15) is 10.2 Å². The van der Waals surface area contributed by atoms with Crippen molar-refractivity contribution >= 4 is 34.3 Å². The Labute approximate surface area is 123 Å². The molecule has 6 heteroatoms. The summed E-state index contributed by atoms with van der Waals surface area (Å²) in [6, 6.07) is 7.97. The molecular weight excluding hydrogens is 290 g/mol. The molecule has 0 saturated heterocycles. The maximum Gasteiger partial charge on any atom is 0.268 e. The average molecular weight is 299 g/mol. The van der Waals surface area contributed by atoms with E-state index < -0.39 is 0 Å². The molecule has 0 radical (unpaired) electrons. The van der Waals surface area contributed by atoms with Gasteiger partial charge < -0.3 is 4.52 Å². The van der Waals surface area contributed by atoms with Gasteiger partial charge >= 0.3 is 0 Å². The zero-order valence-corrected chi connectivity index (χ0v) is 12.2. The lowest BCUT2D eigenvalue weighted by Crippen LogP contribution is -1.82. The van der Waals surface area contributed by atoms with Crippen molar-refractivity contribution in [2.45, 2.75) is 6.92 Å². The molecule has 3 heterocycles. The highest BCUT2D eigenvalue weighted by Crippen LogP contribution is 2.26. The summed E-state index contributed by atoms with van der Waals surface area (Å²) < 4.78 is 5.19. The monoisotopic (exact) mass is 299 g/mol. The Morgan fingerprint density at radius 2 is 2.25 bits per heavy atom.